The summed E-state index contributed by atoms with van der Waals surface area (Å²) in [7, 11) is 1.41. The van der Waals surface area contributed by atoms with Gasteiger partial charge in [-0.1, -0.05) is 28.7 Å². The van der Waals surface area contributed by atoms with E-state index in [1.165, 1.54) is 17.6 Å². The van der Waals surface area contributed by atoms with Crippen LogP contribution in [-0.2, 0) is 22.1 Å². The predicted molar refractivity (Wildman–Crippen MR) is 104 cm³/mol. The lowest BCUT2D eigenvalue weighted by atomic mass is 10.1. The van der Waals surface area contributed by atoms with Crippen molar-refractivity contribution >= 4 is 51.1 Å². The van der Waals surface area contributed by atoms with Crippen LogP contribution < -0.4 is 5.32 Å². The number of carbonyl (C=O) groups excluding carboxylic acids is 1. The van der Waals surface area contributed by atoms with Gasteiger partial charge in [0.15, 0.2) is 5.82 Å². The summed E-state index contributed by atoms with van der Waals surface area (Å²) >= 11 is 4.02. The molecule has 0 radical (unpaired) electrons. The summed E-state index contributed by atoms with van der Waals surface area (Å²) < 4.78 is 7.49. The van der Waals surface area contributed by atoms with E-state index < -0.39 is 6.09 Å². The molecule has 3 heterocycles. The molecule has 0 amide bonds. The molecule has 1 aromatic carbocycles. The topological polar surface area (TPSA) is 56.1 Å². The van der Waals surface area contributed by atoms with E-state index in [0.29, 0.717) is 5.82 Å². The van der Waals surface area contributed by atoms with Gasteiger partial charge in [-0.25, -0.2) is 14.3 Å². The summed E-state index contributed by atoms with van der Waals surface area (Å²) in [6.45, 7) is 1.88. The zero-order chi connectivity index (χ0) is 16.7. The van der Waals surface area contributed by atoms with Crippen LogP contribution >= 0.6 is 33.9 Å². The number of alkyl halides is 1. The Labute approximate surface area is 157 Å². The molecule has 24 heavy (non-hydrogen) atoms. The Hall–Kier alpha value is -1.45. The normalized spacial score (nSPS) is 13.9. The van der Waals surface area contributed by atoms with E-state index in [-0.39, 0.29) is 0 Å². The number of hydrogen-bond acceptors (Lipinski definition) is 5. The summed E-state index contributed by atoms with van der Waals surface area (Å²) in [5.41, 5.74) is 4.13. The molecule has 2 aromatic heterocycles. The second-order valence-electron chi connectivity index (χ2n) is 5.68. The Morgan fingerprint density at radius 3 is 3.08 bits per heavy atom. The van der Waals surface area contributed by atoms with Crippen LogP contribution in [0.2, 0.25) is 0 Å². The van der Waals surface area contributed by atoms with Crippen molar-refractivity contribution in [2.24, 2.45) is 0 Å². The third-order valence-electron chi connectivity index (χ3n) is 4.20. The molecule has 0 atom stereocenters. The molecule has 124 valence electrons. The number of rotatable bonds is 2. The number of ether oxygens (including phenoxy) is 1. The quantitative estimate of drug-likeness (QED) is 0.472. The molecule has 3 aromatic rings. The number of fused-ring (bicyclic) bond motifs is 2. The number of halogens is 1. The standard InChI is InChI=1S/C17H16IN3O2S/c1-23-17(22)21-13-6-10(8-18)2-3-12(13)20-16(21)14-7-11-4-5-19-9-15(11)24-14/h2-3,6-7,19H,4-5,8-9H2,1H3. The number of methoxy groups -OCH3 is 1. The molecule has 1 N–H and O–H groups in total. The van der Waals surface area contributed by atoms with Crippen LogP contribution in [0, 0.1) is 0 Å². The predicted octanol–water partition coefficient (Wildman–Crippen LogP) is 3.96. The van der Waals surface area contributed by atoms with Crippen molar-refractivity contribution in [3.05, 3.63) is 40.3 Å². The fraction of sp³-hybridized carbons (Fsp3) is 0.294. The molecular weight excluding hydrogens is 437 g/mol. The van der Waals surface area contributed by atoms with Crippen LogP contribution in [0.4, 0.5) is 4.79 Å². The van der Waals surface area contributed by atoms with Crippen LogP contribution in [0.15, 0.2) is 24.3 Å². The number of carbonyl (C=O) groups is 1. The van der Waals surface area contributed by atoms with E-state index in [0.717, 1.165) is 45.4 Å². The van der Waals surface area contributed by atoms with E-state index in [9.17, 15) is 4.79 Å². The maximum atomic E-state index is 12.4. The van der Waals surface area contributed by atoms with Gasteiger partial charge in [-0.15, -0.1) is 11.3 Å². The molecule has 7 heteroatoms. The highest BCUT2D eigenvalue weighted by Gasteiger charge is 2.22. The van der Waals surface area contributed by atoms with Gasteiger partial charge >= 0.3 is 6.09 Å². The zero-order valence-electron chi connectivity index (χ0n) is 13.1. The molecule has 1 aliphatic rings. The van der Waals surface area contributed by atoms with Crippen molar-refractivity contribution in [2.75, 3.05) is 13.7 Å². The van der Waals surface area contributed by atoms with Crippen LogP contribution in [0.1, 0.15) is 16.0 Å². The molecule has 0 bridgehead atoms. The molecule has 1 aliphatic heterocycles. The minimum atomic E-state index is -0.400. The Morgan fingerprint density at radius 1 is 1.46 bits per heavy atom. The Balaban J connectivity index is 1.93. The van der Waals surface area contributed by atoms with E-state index in [2.05, 4.69) is 40.0 Å². The third-order valence-corrected chi connectivity index (χ3v) is 6.26. The van der Waals surface area contributed by atoms with Crippen molar-refractivity contribution in [3.8, 4) is 10.7 Å². The second-order valence-corrected chi connectivity index (χ2v) is 7.58. The average Bonchev–Trinajstić information content (AvgIpc) is 3.21. The molecule has 0 unspecified atom stereocenters. The zero-order valence-corrected chi connectivity index (χ0v) is 16.1. The van der Waals surface area contributed by atoms with Crippen molar-refractivity contribution in [1.82, 2.24) is 14.9 Å². The monoisotopic (exact) mass is 453 g/mol. The molecule has 0 spiro atoms. The van der Waals surface area contributed by atoms with Crippen LogP contribution in [0.25, 0.3) is 21.7 Å². The minimum absolute atomic E-state index is 0.400. The largest absolute Gasteiger partial charge is 0.452 e. The first-order chi connectivity index (χ1) is 11.7. The number of benzene rings is 1. The van der Waals surface area contributed by atoms with Crippen LogP contribution in [0.3, 0.4) is 0 Å². The van der Waals surface area contributed by atoms with Gasteiger partial charge in [-0.2, -0.15) is 0 Å². The van der Waals surface area contributed by atoms with E-state index >= 15 is 0 Å². The first-order valence-electron chi connectivity index (χ1n) is 7.69. The Kier molecular flexibility index (Phi) is 4.31. The SMILES string of the molecule is COC(=O)n1c(-c2cc3c(s2)CNCC3)nc2ccc(CI)cc21. The fourth-order valence-electron chi connectivity index (χ4n) is 3.01. The molecule has 4 rings (SSSR count). The number of aromatic nitrogens is 2. The van der Waals surface area contributed by atoms with E-state index in [1.807, 2.05) is 12.1 Å². The van der Waals surface area contributed by atoms with Gasteiger partial charge in [0.25, 0.3) is 0 Å². The Bertz CT molecular complexity index is 908. The number of nitrogens with zero attached hydrogens (tertiary/aromatic N) is 2. The van der Waals surface area contributed by atoms with Gasteiger partial charge in [-0.05, 0) is 42.3 Å². The van der Waals surface area contributed by atoms with Gasteiger partial charge in [-0.3, -0.25) is 0 Å². The average molecular weight is 453 g/mol. The molecule has 5 nitrogen and oxygen atoms in total. The third kappa shape index (κ3) is 2.64. The number of nitrogens with one attached hydrogen (secondary N) is 1. The molecule has 0 aliphatic carbocycles. The summed E-state index contributed by atoms with van der Waals surface area (Å²) in [4.78, 5) is 19.5. The maximum absolute atomic E-state index is 12.4. The van der Waals surface area contributed by atoms with Crippen molar-refractivity contribution in [3.63, 3.8) is 0 Å². The van der Waals surface area contributed by atoms with Gasteiger partial charge < -0.3 is 10.1 Å². The summed E-state index contributed by atoms with van der Waals surface area (Å²) in [6.07, 6.45) is 0.617. The van der Waals surface area contributed by atoms with Gasteiger partial charge in [0.1, 0.15) is 0 Å². The van der Waals surface area contributed by atoms with Crippen molar-refractivity contribution in [2.45, 2.75) is 17.4 Å². The Morgan fingerprint density at radius 2 is 2.33 bits per heavy atom. The number of thiophene rings is 1. The highest BCUT2D eigenvalue weighted by Crippen LogP contribution is 2.35. The summed E-state index contributed by atoms with van der Waals surface area (Å²) in [5, 5.41) is 3.39. The molecule has 0 saturated carbocycles. The lowest BCUT2D eigenvalue weighted by molar-refractivity contribution is 0.174. The molecule has 0 fully saturated rings. The van der Waals surface area contributed by atoms with Crippen molar-refractivity contribution in [1.29, 1.82) is 0 Å². The number of hydrogen-bond donors (Lipinski definition) is 1. The van der Waals surface area contributed by atoms with E-state index in [4.69, 9.17) is 9.72 Å². The smallest absolute Gasteiger partial charge is 0.420 e. The molecular formula is C17H16IN3O2S. The van der Waals surface area contributed by atoms with Crippen LogP contribution in [0.5, 0.6) is 0 Å². The highest BCUT2D eigenvalue weighted by molar-refractivity contribution is 14.1. The van der Waals surface area contributed by atoms with Gasteiger partial charge in [0, 0.05) is 15.8 Å². The second kappa shape index (κ2) is 6.45. The minimum Gasteiger partial charge on any atom is -0.452 e. The first-order valence-corrected chi connectivity index (χ1v) is 10.0. The molecule has 0 saturated heterocycles. The lowest BCUT2D eigenvalue weighted by Crippen LogP contribution is -2.21. The summed E-state index contributed by atoms with van der Waals surface area (Å²) in [6, 6.07) is 8.21. The lowest BCUT2D eigenvalue weighted by Gasteiger charge is -2.10. The van der Waals surface area contributed by atoms with Crippen LogP contribution in [-0.4, -0.2) is 29.3 Å². The fourth-order valence-corrected chi connectivity index (χ4v) is 4.64. The van der Waals surface area contributed by atoms with Gasteiger partial charge in [0.05, 0.1) is 23.0 Å². The van der Waals surface area contributed by atoms with Crippen molar-refractivity contribution < 1.29 is 9.53 Å². The first kappa shape index (κ1) is 16.0. The van der Waals surface area contributed by atoms with Gasteiger partial charge in [0.2, 0.25) is 0 Å². The highest BCUT2D eigenvalue weighted by atomic mass is 127. The maximum Gasteiger partial charge on any atom is 0.420 e. The summed E-state index contributed by atoms with van der Waals surface area (Å²) in [5.74, 6) is 0.668. The van der Waals surface area contributed by atoms with E-state index in [1.54, 1.807) is 15.9 Å². The number of imidazole rings is 1.